The minimum atomic E-state index is 0.0358. The summed E-state index contributed by atoms with van der Waals surface area (Å²) in [6.45, 7) is 8.88. The van der Waals surface area contributed by atoms with Crippen LogP contribution in [0.1, 0.15) is 66.8 Å². The predicted octanol–water partition coefficient (Wildman–Crippen LogP) is 6.66. The Morgan fingerprint density at radius 2 is 1.65 bits per heavy atom. The molecule has 0 radical (unpaired) electrons. The van der Waals surface area contributed by atoms with Gasteiger partial charge in [-0.3, -0.25) is 0 Å². The molecule has 1 aromatic carbocycles. The van der Waals surface area contributed by atoms with Crippen molar-refractivity contribution in [3.05, 3.63) is 58.0 Å². The molecule has 3 heteroatoms. The predicted molar refractivity (Wildman–Crippen MR) is 89.1 cm³/mol. The molecule has 2 rings (SSSR count). The van der Waals surface area contributed by atoms with Gasteiger partial charge in [0.1, 0.15) is 5.76 Å². The maximum Gasteiger partial charge on any atom is 0.193 e. The van der Waals surface area contributed by atoms with Crippen LogP contribution in [0.3, 0.4) is 0 Å². The van der Waals surface area contributed by atoms with Gasteiger partial charge < -0.3 is 4.42 Å². The Bertz CT molecular complexity index is 586. The van der Waals surface area contributed by atoms with Crippen LogP contribution in [0.25, 0.3) is 0 Å². The van der Waals surface area contributed by atoms with Crippen LogP contribution in [0.15, 0.2) is 34.7 Å². The SMILES string of the molecule is CC(C)c1ccc(C(Br)c2ccc(Cl)o2)c(C(C)C)c1. The minimum absolute atomic E-state index is 0.0358. The molecule has 0 aliphatic rings. The molecule has 0 fully saturated rings. The molecular formula is C17H20BrClO. The van der Waals surface area contributed by atoms with E-state index < -0.39 is 0 Å². The van der Waals surface area contributed by atoms with Crippen molar-refractivity contribution in [2.24, 2.45) is 0 Å². The zero-order chi connectivity index (χ0) is 14.9. The summed E-state index contributed by atoms with van der Waals surface area (Å²) in [4.78, 5) is 0.0358. The van der Waals surface area contributed by atoms with E-state index in [-0.39, 0.29) is 4.83 Å². The van der Waals surface area contributed by atoms with Crippen LogP contribution in [0.4, 0.5) is 0 Å². The van der Waals surface area contributed by atoms with Crippen molar-refractivity contribution in [1.82, 2.24) is 0 Å². The van der Waals surface area contributed by atoms with E-state index in [9.17, 15) is 0 Å². The quantitative estimate of drug-likeness (QED) is 0.558. The maximum absolute atomic E-state index is 5.87. The molecule has 0 aliphatic carbocycles. The average Bonchev–Trinajstić information content (AvgIpc) is 2.83. The van der Waals surface area contributed by atoms with Crippen molar-refractivity contribution in [3.63, 3.8) is 0 Å². The van der Waals surface area contributed by atoms with Crippen LogP contribution in [-0.2, 0) is 0 Å². The van der Waals surface area contributed by atoms with Crippen LogP contribution in [0, 0.1) is 0 Å². The van der Waals surface area contributed by atoms with Gasteiger partial charge in [0.2, 0.25) is 0 Å². The first-order valence-corrected chi connectivity index (χ1v) is 8.22. The van der Waals surface area contributed by atoms with Crippen LogP contribution >= 0.6 is 27.5 Å². The third-order valence-corrected chi connectivity index (χ3v) is 4.66. The molecule has 2 aromatic rings. The van der Waals surface area contributed by atoms with Crippen molar-refractivity contribution in [2.45, 2.75) is 44.4 Å². The summed E-state index contributed by atoms with van der Waals surface area (Å²) in [5.41, 5.74) is 3.97. The Kier molecular flexibility index (Phi) is 4.98. The molecule has 1 heterocycles. The van der Waals surface area contributed by atoms with E-state index >= 15 is 0 Å². The van der Waals surface area contributed by atoms with Crippen LogP contribution in [0.5, 0.6) is 0 Å². The number of alkyl halides is 1. The topological polar surface area (TPSA) is 13.1 Å². The van der Waals surface area contributed by atoms with E-state index in [0.29, 0.717) is 17.1 Å². The monoisotopic (exact) mass is 354 g/mol. The third-order valence-electron chi connectivity index (χ3n) is 3.52. The lowest BCUT2D eigenvalue weighted by Gasteiger charge is -2.19. The summed E-state index contributed by atoms with van der Waals surface area (Å²) >= 11 is 9.61. The lowest BCUT2D eigenvalue weighted by molar-refractivity contribution is 0.520. The molecule has 1 atom stereocenters. The fraction of sp³-hybridized carbons (Fsp3) is 0.412. The first-order valence-electron chi connectivity index (χ1n) is 6.93. The lowest BCUT2D eigenvalue weighted by Crippen LogP contribution is -2.02. The van der Waals surface area contributed by atoms with Crippen molar-refractivity contribution in [2.75, 3.05) is 0 Å². The first-order chi connectivity index (χ1) is 9.40. The number of benzene rings is 1. The Balaban J connectivity index is 2.45. The molecule has 20 heavy (non-hydrogen) atoms. The molecule has 1 aromatic heterocycles. The molecule has 0 bridgehead atoms. The number of hydrogen-bond donors (Lipinski definition) is 0. The Labute approximate surface area is 134 Å². The summed E-state index contributed by atoms with van der Waals surface area (Å²) in [6.07, 6.45) is 0. The van der Waals surface area contributed by atoms with Gasteiger partial charge in [-0.1, -0.05) is 61.8 Å². The average molecular weight is 356 g/mol. The molecule has 0 amide bonds. The highest BCUT2D eigenvalue weighted by molar-refractivity contribution is 9.09. The van der Waals surface area contributed by atoms with E-state index in [2.05, 4.69) is 61.8 Å². The molecule has 0 spiro atoms. The summed E-state index contributed by atoms with van der Waals surface area (Å²) in [7, 11) is 0. The minimum Gasteiger partial charge on any atom is -0.448 e. The fourth-order valence-electron chi connectivity index (χ4n) is 2.30. The van der Waals surface area contributed by atoms with Gasteiger partial charge in [0.25, 0.3) is 0 Å². The van der Waals surface area contributed by atoms with Crippen molar-refractivity contribution < 1.29 is 4.42 Å². The highest BCUT2D eigenvalue weighted by Gasteiger charge is 2.20. The summed E-state index contributed by atoms with van der Waals surface area (Å²) < 4.78 is 5.53. The molecule has 1 unspecified atom stereocenters. The summed E-state index contributed by atoms with van der Waals surface area (Å²) in [6, 6.07) is 10.4. The van der Waals surface area contributed by atoms with Crippen molar-refractivity contribution in [1.29, 1.82) is 0 Å². The smallest absolute Gasteiger partial charge is 0.193 e. The van der Waals surface area contributed by atoms with Crippen LogP contribution in [-0.4, -0.2) is 0 Å². The van der Waals surface area contributed by atoms with Gasteiger partial charge in [0, 0.05) is 0 Å². The summed E-state index contributed by atoms with van der Waals surface area (Å²) in [5.74, 6) is 1.84. The highest BCUT2D eigenvalue weighted by atomic mass is 79.9. The second-order valence-corrected chi connectivity index (χ2v) is 6.99. The second-order valence-electron chi connectivity index (χ2n) is 5.70. The van der Waals surface area contributed by atoms with E-state index in [1.54, 1.807) is 6.07 Å². The third kappa shape index (κ3) is 3.29. The molecule has 108 valence electrons. The highest BCUT2D eigenvalue weighted by Crippen LogP contribution is 2.38. The van der Waals surface area contributed by atoms with Gasteiger partial charge in [-0.25, -0.2) is 0 Å². The van der Waals surface area contributed by atoms with Gasteiger partial charge in [-0.2, -0.15) is 0 Å². The first kappa shape index (κ1) is 15.7. The molecular weight excluding hydrogens is 336 g/mol. The van der Waals surface area contributed by atoms with Gasteiger partial charge in [0.15, 0.2) is 5.22 Å². The number of furan rings is 1. The van der Waals surface area contributed by atoms with Crippen molar-refractivity contribution >= 4 is 27.5 Å². The molecule has 1 nitrogen and oxygen atoms in total. The van der Waals surface area contributed by atoms with Crippen molar-refractivity contribution in [3.8, 4) is 0 Å². The number of hydrogen-bond acceptors (Lipinski definition) is 1. The number of halogens is 2. The Morgan fingerprint density at radius 3 is 2.15 bits per heavy atom. The molecule has 0 N–H and O–H groups in total. The van der Waals surface area contributed by atoms with Crippen LogP contribution < -0.4 is 0 Å². The zero-order valence-electron chi connectivity index (χ0n) is 12.3. The lowest BCUT2D eigenvalue weighted by atomic mass is 9.90. The molecule has 0 saturated carbocycles. The normalized spacial score (nSPS) is 13.2. The standard InChI is InChI=1S/C17H20BrClO/c1-10(2)12-5-6-13(14(9-12)11(3)4)17(18)15-7-8-16(19)20-15/h5-11,17H,1-4H3. The van der Waals surface area contributed by atoms with Gasteiger partial charge in [0.05, 0.1) is 4.83 Å². The number of rotatable bonds is 4. The van der Waals surface area contributed by atoms with E-state index in [1.165, 1.54) is 16.7 Å². The van der Waals surface area contributed by atoms with E-state index in [0.717, 1.165) is 5.76 Å². The van der Waals surface area contributed by atoms with E-state index in [4.69, 9.17) is 16.0 Å². The molecule has 0 aliphatic heterocycles. The Morgan fingerprint density at radius 1 is 0.950 bits per heavy atom. The summed E-state index contributed by atoms with van der Waals surface area (Å²) in [5, 5.41) is 0.425. The van der Waals surface area contributed by atoms with Gasteiger partial charge >= 0.3 is 0 Å². The van der Waals surface area contributed by atoms with Gasteiger partial charge in [-0.05, 0) is 52.3 Å². The van der Waals surface area contributed by atoms with Gasteiger partial charge in [-0.15, -0.1) is 0 Å². The zero-order valence-corrected chi connectivity index (χ0v) is 14.6. The second kappa shape index (κ2) is 6.36. The maximum atomic E-state index is 5.87. The fourth-order valence-corrected chi connectivity index (χ4v) is 3.12. The van der Waals surface area contributed by atoms with Crippen LogP contribution in [0.2, 0.25) is 5.22 Å². The van der Waals surface area contributed by atoms with E-state index in [1.807, 2.05) is 6.07 Å². The Hall–Kier alpha value is -0.730. The molecule has 0 saturated heterocycles. The largest absolute Gasteiger partial charge is 0.448 e.